The number of piperidine rings is 2. The summed E-state index contributed by atoms with van der Waals surface area (Å²) in [4.78, 5) is 15.5. The average molecular weight is 334 g/mol. The molecule has 2 fully saturated rings. The fourth-order valence-electron chi connectivity index (χ4n) is 4.23. The van der Waals surface area contributed by atoms with Crippen LogP contribution in [-0.2, 0) is 11.4 Å². The topological polar surface area (TPSA) is 43.8 Å². The molecule has 1 amide bonds. The molecule has 5 heteroatoms. The Morgan fingerprint density at radius 1 is 1.12 bits per heavy atom. The van der Waals surface area contributed by atoms with Gasteiger partial charge < -0.3 is 14.9 Å². The standard InChI is InChI=1S/C19H27FN2O2/c1-14(24)21-9-5-15(6-10-21)16-7-11-22(12-8-16)18-4-2-3-17(13-23)19(18)20/h2-4,15-16,23H,5-13H2,1H3. The second-order valence-electron chi connectivity index (χ2n) is 7.08. The van der Waals surface area contributed by atoms with Crippen LogP contribution in [0.5, 0.6) is 0 Å². The number of benzene rings is 1. The third-order valence-electron chi connectivity index (χ3n) is 5.76. The quantitative estimate of drug-likeness (QED) is 0.924. The summed E-state index contributed by atoms with van der Waals surface area (Å²) < 4.78 is 14.4. The highest BCUT2D eigenvalue weighted by Gasteiger charge is 2.30. The van der Waals surface area contributed by atoms with Gasteiger partial charge in [0.25, 0.3) is 0 Å². The van der Waals surface area contributed by atoms with Gasteiger partial charge in [-0.25, -0.2) is 4.39 Å². The summed E-state index contributed by atoms with van der Waals surface area (Å²) in [6.45, 7) is 4.88. The zero-order valence-corrected chi connectivity index (χ0v) is 14.4. The van der Waals surface area contributed by atoms with Gasteiger partial charge in [0.1, 0.15) is 0 Å². The van der Waals surface area contributed by atoms with Gasteiger partial charge in [0, 0.05) is 38.7 Å². The Balaban J connectivity index is 1.56. The summed E-state index contributed by atoms with van der Waals surface area (Å²) in [5.74, 6) is 1.27. The van der Waals surface area contributed by atoms with Crippen molar-refractivity contribution in [3.63, 3.8) is 0 Å². The van der Waals surface area contributed by atoms with E-state index in [1.165, 1.54) is 0 Å². The van der Waals surface area contributed by atoms with Gasteiger partial charge in [-0.1, -0.05) is 12.1 Å². The minimum Gasteiger partial charge on any atom is -0.392 e. The Hall–Kier alpha value is -1.62. The smallest absolute Gasteiger partial charge is 0.219 e. The molecule has 0 unspecified atom stereocenters. The Labute approximate surface area is 143 Å². The number of hydrogen-bond donors (Lipinski definition) is 1. The van der Waals surface area contributed by atoms with Crippen LogP contribution in [0.25, 0.3) is 0 Å². The lowest BCUT2D eigenvalue weighted by molar-refractivity contribution is -0.130. The Bertz CT molecular complexity index is 577. The molecule has 4 nitrogen and oxygen atoms in total. The molecule has 3 rings (SSSR count). The van der Waals surface area contributed by atoms with Gasteiger partial charge in [-0.15, -0.1) is 0 Å². The van der Waals surface area contributed by atoms with Gasteiger partial charge in [0.05, 0.1) is 12.3 Å². The normalized spacial score (nSPS) is 20.5. The Morgan fingerprint density at radius 3 is 2.25 bits per heavy atom. The molecule has 0 bridgehead atoms. The van der Waals surface area contributed by atoms with E-state index in [-0.39, 0.29) is 18.3 Å². The predicted molar refractivity (Wildman–Crippen MR) is 92.2 cm³/mol. The molecule has 2 heterocycles. The second-order valence-corrected chi connectivity index (χ2v) is 7.08. The highest BCUT2D eigenvalue weighted by Crippen LogP contribution is 2.34. The number of carbonyl (C=O) groups excluding carboxylic acids is 1. The van der Waals surface area contributed by atoms with E-state index in [1.54, 1.807) is 19.1 Å². The summed E-state index contributed by atoms with van der Waals surface area (Å²) in [6.07, 6.45) is 4.35. The lowest BCUT2D eigenvalue weighted by atomic mass is 9.78. The molecule has 2 aliphatic rings. The summed E-state index contributed by atoms with van der Waals surface area (Å²) in [6, 6.07) is 5.25. The van der Waals surface area contributed by atoms with E-state index in [0.717, 1.165) is 51.9 Å². The van der Waals surface area contributed by atoms with Crippen LogP contribution < -0.4 is 4.90 Å². The van der Waals surface area contributed by atoms with E-state index in [2.05, 4.69) is 4.90 Å². The van der Waals surface area contributed by atoms with E-state index in [9.17, 15) is 14.3 Å². The van der Waals surface area contributed by atoms with E-state index < -0.39 is 0 Å². The fourth-order valence-corrected chi connectivity index (χ4v) is 4.23. The lowest BCUT2D eigenvalue weighted by Crippen LogP contribution is -2.42. The van der Waals surface area contributed by atoms with Crippen LogP contribution in [-0.4, -0.2) is 42.1 Å². The molecule has 0 aliphatic carbocycles. The van der Waals surface area contributed by atoms with Crippen molar-refractivity contribution in [3.8, 4) is 0 Å². The summed E-state index contributed by atoms with van der Waals surface area (Å²) >= 11 is 0. The van der Waals surface area contributed by atoms with E-state index in [1.807, 2.05) is 11.0 Å². The van der Waals surface area contributed by atoms with Gasteiger partial charge in [0.2, 0.25) is 5.91 Å². The number of aliphatic hydroxyl groups excluding tert-OH is 1. The molecule has 1 aromatic rings. The molecule has 2 aliphatic heterocycles. The summed E-state index contributed by atoms with van der Waals surface area (Å²) in [5.41, 5.74) is 0.984. The van der Waals surface area contributed by atoms with Crippen LogP contribution >= 0.6 is 0 Å². The van der Waals surface area contributed by atoms with Crippen molar-refractivity contribution in [3.05, 3.63) is 29.6 Å². The zero-order valence-electron chi connectivity index (χ0n) is 14.4. The third kappa shape index (κ3) is 3.56. The van der Waals surface area contributed by atoms with Gasteiger partial charge in [-0.05, 0) is 43.6 Å². The van der Waals surface area contributed by atoms with Crippen LogP contribution in [0.4, 0.5) is 10.1 Å². The number of halogens is 1. The van der Waals surface area contributed by atoms with Crippen molar-refractivity contribution in [2.24, 2.45) is 11.8 Å². The molecule has 1 N–H and O–H groups in total. The van der Waals surface area contributed by atoms with Crippen LogP contribution in [0, 0.1) is 17.7 Å². The largest absolute Gasteiger partial charge is 0.392 e. The number of amides is 1. The first kappa shape index (κ1) is 17.2. The Morgan fingerprint density at radius 2 is 1.71 bits per heavy atom. The van der Waals surface area contributed by atoms with Gasteiger partial charge >= 0.3 is 0 Å². The van der Waals surface area contributed by atoms with Crippen molar-refractivity contribution in [2.75, 3.05) is 31.1 Å². The van der Waals surface area contributed by atoms with Crippen molar-refractivity contribution >= 4 is 11.6 Å². The molecule has 0 atom stereocenters. The van der Waals surface area contributed by atoms with Crippen molar-refractivity contribution < 1.29 is 14.3 Å². The molecule has 0 radical (unpaired) electrons. The number of nitrogens with zero attached hydrogens (tertiary/aromatic N) is 2. The molecule has 0 saturated carbocycles. The first-order valence-corrected chi connectivity index (χ1v) is 8.99. The van der Waals surface area contributed by atoms with E-state index in [0.29, 0.717) is 23.1 Å². The van der Waals surface area contributed by atoms with Crippen molar-refractivity contribution in [1.82, 2.24) is 4.90 Å². The van der Waals surface area contributed by atoms with E-state index in [4.69, 9.17) is 0 Å². The van der Waals surface area contributed by atoms with Gasteiger partial charge in [-0.3, -0.25) is 4.79 Å². The number of aliphatic hydroxyl groups is 1. The molecule has 24 heavy (non-hydrogen) atoms. The minimum atomic E-state index is -0.284. The highest BCUT2D eigenvalue weighted by atomic mass is 19.1. The SMILES string of the molecule is CC(=O)N1CCC(C2CCN(c3cccc(CO)c3F)CC2)CC1. The predicted octanol–water partition coefficient (Wildman–Crippen LogP) is 2.79. The third-order valence-corrected chi connectivity index (χ3v) is 5.76. The number of rotatable bonds is 3. The Kier molecular flexibility index (Phi) is 5.39. The van der Waals surface area contributed by atoms with Crippen LogP contribution in [0.3, 0.4) is 0 Å². The second kappa shape index (κ2) is 7.51. The minimum absolute atomic E-state index is 0.183. The monoisotopic (exact) mass is 334 g/mol. The molecule has 2 saturated heterocycles. The number of hydrogen-bond acceptors (Lipinski definition) is 3. The number of likely N-dealkylation sites (tertiary alicyclic amines) is 1. The first-order chi connectivity index (χ1) is 11.6. The van der Waals surface area contributed by atoms with Crippen LogP contribution in [0.2, 0.25) is 0 Å². The van der Waals surface area contributed by atoms with Gasteiger partial charge in [0.15, 0.2) is 5.82 Å². The molecule has 132 valence electrons. The van der Waals surface area contributed by atoms with Crippen LogP contribution in [0.15, 0.2) is 18.2 Å². The molecule has 0 spiro atoms. The maximum Gasteiger partial charge on any atom is 0.219 e. The molecule has 0 aromatic heterocycles. The summed E-state index contributed by atoms with van der Waals surface area (Å²) in [7, 11) is 0. The number of carbonyl (C=O) groups is 1. The van der Waals surface area contributed by atoms with Crippen LogP contribution in [0.1, 0.15) is 38.2 Å². The zero-order chi connectivity index (χ0) is 17.1. The van der Waals surface area contributed by atoms with Crippen molar-refractivity contribution in [2.45, 2.75) is 39.2 Å². The average Bonchev–Trinajstić information content (AvgIpc) is 2.62. The molecular weight excluding hydrogens is 307 g/mol. The maximum atomic E-state index is 14.4. The fraction of sp³-hybridized carbons (Fsp3) is 0.632. The first-order valence-electron chi connectivity index (χ1n) is 8.99. The molecule has 1 aromatic carbocycles. The summed E-state index contributed by atoms with van der Waals surface area (Å²) in [5, 5.41) is 9.23. The van der Waals surface area contributed by atoms with Gasteiger partial charge in [-0.2, -0.15) is 0 Å². The van der Waals surface area contributed by atoms with E-state index >= 15 is 0 Å². The maximum absolute atomic E-state index is 14.4. The molecular formula is C19H27FN2O2. The number of anilines is 1. The van der Waals surface area contributed by atoms with Crippen molar-refractivity contribution in [1.29, 1.82) is 0 Å². The highest BCUT2D eigenvalue weighted by molar-refractivity contribution is 5.73. The lowest BCUT2D eigenvalue weighted by Gasteiger charge is -2.40.